The Kier molecular flexibility index (Phi) is 19.1. The zero-order valence-electron chi connectivity index (χ0n) is 35.6. The van der Waals surface area contributed by atoms with Gasteiger partial charge in [-0.2, -0.15) is 0 Å². The summed E-state index contributed by atoms with van der Waals surface area (Å²) in [5, 5.41) is 19.0. The zero-order chi connectivity index (χ0) is 41.0. The van der Waals surface area contributed by atoms with E-state index in [1.54, 1.807) is 69.2 Å². The van der Waals surface area contributed by atoms with Crippen LogP contribution in [0.4, 0.5) is 0 Å². The van der Waals surface area contributed by atoms with E-state index in [0.29, 0.717) is 18.5 Å². The molecule has 4 amide bonds. The van der Waals surface area contributed by atoms with Crippen LogP contribution in [0.15, 0.2) is 30.3 Å². The molecule has 0 bridgehead atoms. The van der Waals surface area contributed by atoms with Gasteiger partial charge in [0.1, 0.15) is 6.04 Å². The van der Waals surface area contributed by atoms with Gasteiger partial charge in [-0.1, -0.05) is 96.9 Å². The van der Waals surface area contributed by atoms with Crippen molar-refractivity contribution in [3.05, 3.63) is 35.9 Å². The van der Waals surface area contributed by atoms with E-state index in [-0.39, 0.29) is 59.9 Å². The highest BCUT2D eigenvalue weighted by Gasteiger charge is 2.43. The molecule has 1 fully saturated rings. The van der Waals surface area contributed by atoms with Gasteiger partial charge in [0, 0.05) is 39.9 Å². The quantitative estimate of drug-likeness (QED) is 0.192. The molecule has 2 N–H and O–H groups in total. The smallest absolute Gasteiger partial charge is 0.245 e. The minimum atomic E-state index is -1.13. The fraction of sp³-hybridized carbons (Fsp3) is 0.762. The van der Waals surface area contributed by atoms with Gasteiger partial charge >= 0.3 is 0 Å². The van der Waals surface area contributed by atoms with Crippen LogP contribution in [0.2, 0.25) is 0 Å². The first-order valence-electron chi connectivity index (χ1n) is 20.0. The van der Waals surface area contributed by atoms with Crippen LogP contribution in [0.3, 0.4) is 0 Å². The summed E-state index contributed by atoms with van der Waals surface area (Å²) in [5.74, 6) is -1.67. The van der Waals surface area contributed by atoms with Gasteiger partial charge in [-0.3, -0.25) is 24.1 Å². The number of hydrogen-bond donors (Lipinski definition) is 2. The molecule has 12 heteroatoms. The molecule has 10 atom stereocenters. The molecule has 1 unspecified atom stereocenters. The van der Waals surface area contributed by atoms with Crippen molar-refractivity contribution in [3.63, 3.8) is 0 Å². The molecular weight excluding hydrogens is 686 g/mol. The van der Waals surface area contributed by atoms with Crippen LogP contribution in [-0.4, -0.2) is 122 Å². The Hall–Kier alpha value is -3.06. The summed E-state index contributed by atoms with van der Waals surface area (Å²) in [6.45, 7) is 20.0. The van der Waals surface area contributed by atoms with Crippen LogP contribution < -0.4 is 15.7 Å². The van der Waals surface area contributed by atoms with E-state index in [1.165, 1.54) is 0 Å². The van der Waals surface area contributed by atoms with E-state index in [0.717, 1.165) is 12.8 Å². The minimum absolute atomic E-state index is 0.0237. The highest BCUT2D eigenvalue weighted by atomic mass is 16.5. The molecule has 308 valence electrons. The molecule has 12 nitrogen and oxygen atoms in total. The molecule has 54 heavy (non-hydrogen) atoms. The second-order valence-corrected chi connectivity index (χ2v) is 16.4. The first-order chi connectivity index (χ1) is 25.3. The Bertz CT molecular complexity index is 1330. The third kappa shape index (κ3) is 12.0. The van der Waals surface area contributed by atoms with E-state index < -0.39 is 48.4 Å². The molecule has 2 rings (SSSR count). The summed E-state index contributed by atoms with van der Waals surface area (Å²) in [6.07, 6.45) is -0.177. The number of benzene rings is 1. The second kappa shape index (κ2) is 21.9. The lowest BCUT2D eigenvalue weighted by molar-refractivity contribution is -0.431. The number of rotatable bonds is 21. The Balaban J connectivity index is 2.27. The Morgan fingerprint density at radius 1 is 0.889 bits per heavy atom. The SMILES string of the molecule is CC[C@H](C)[C@@H](C(CC(=O)N1CCC[C@H]1[C@H](OC)[C@@H](C)C(=O)N[C@H](C)[C@@H]([O-])c1ccccc1)OC)N(C)C(=O)[C@@H](NC(=O)[C@H](C(C)C)N(C)C(C)C)C(C)C. The third-order valence-corrected chi connectivity index (χ3v) is 11.6. The highest BCUT2D eigenvalue weighted by Crippen LogP contribution is 2.30. The van der Waals surface area contributed by atoms with Crippen LogP contribution >= 0.6 is 0 Å². The fourth-order valence-electron chi connectivity index (χ4n) is 7.92. The predicted molar refractivity (Wildman–Crippen MR) is 211 cm³/mol. The van der Waals surface area contributed by atoms with Crippen LogP contribution in [-0.2, 0) is 28.7 Å². The first-order valence-corrected chi connectivity index (χ1v) is 20.0. The van der Waals surface area contributed by atoms with E-state index in [1.807, 2.05) is 73.4 Å². The third-order valence-electron chi connectivity index (χ3n) is 11.6. The maximum atomic E-state index is 14.3. The predicted octanol–water partition coefficient (Wildman–Crippen LogP) is 4.02. The zero-order valence-corrected chi connectivity index (χ0v) is 35.6. The average molecular weight is 759 g/mol. The topological polar surface area (TPSA) is 144 Å². The molecule has 1 aliphatic rings. The van der Waals surface area contributed by atoms with Gasteiger partial charge in [-0.05, 0) is 58.4 Å². The molecule has 1 saturated heterocycles. The minimum Gasteiger partial charge on any atom is -0.847 e. The molecule has 1 aromatic rings. The number of amides is 4. The lowest BCUT2D eigenvalue weighted by atomic mass is 9.89. The molecule has 0 aliphatic carbocycles. The summed E-state index contributed by atoms with van der Waals surface area (Å²) >= 11 is 0. The number of carbonyl (C=O) groups is 4. The van der Waals surface area contributed by atoms with Gasteiger partial charge in [0.15, 0.2) is 0 Å². The maximum Gasteiger partial charge on any atom is 0.245 e. The van der Waals surface area contributed by atoms with Crippen molar-refractivity contribution in [1.82, 2.24) is 25.3 Å². The average Bonchev–Trinajstić information content (AvgIpc) is 3.62. The van der Waals surface area contributed by atoms with Gasteiger partial charge in [0.2, 0.25) is 23.6 Å². The van der Waals surface area contributed by atoms with Crippen LogP contribution in [0.5, 0.6) is 0 Å². The molecule has 0 radical (unpaired) electrons. The first kappa shape index (κ1) is 47.1. The summed E-state index contributed by atoms with van der Waals surface area (Å²) in [5.41, 5.74) is 0.600. The highest BCUT2D eigenvalue weighted by molar-refractivity contribution is 5.90. The largest absolute Gasteiger partial charge is 0.847 e. The second-order valence-electron chi connectivity index (χ2n) is 16.4. The van der Waals surface area contributed by atoms with Gasteiger partial charge in [-0.15, -0.1) is 0 Å². The van der Waals surface area contributed by atoms with Crippen LogP contribution in [0.25, 0.3) is 0 Å². The van der Waals surface area contributed by atoms with Crippen molar-refractivity contribution in [3.8, 4) is 0 Å². The number of nitrogens with zero attached hydrogens (tertiary/aromatic N) is 3. The Morgan fingerprint density at radius 2 is 1.50 bits per heavy atom. The standard InChI is InChI=1S/C42H72N5O7/c1-15-28(8)37(46(12)42(52)35(25(2)3)44-41(51)36(26(4)5)45(11)27(6)7)33(53-13)24-34(48)47-23-19-22-32(47)39(54-14)29(9)40(50)43-30(10)38(49)31-20-17-16-18-21-31/h16-18,20-21,25-30,32-33,35-39H,15,19,22-24H2,1-14H3,(H,43,50)(H,44,51)/q-1/t28-,29+,30+,32-,33?,35-,36-,37-,38+,39+/m0/s1. The van der Waals surface area contributed by atoms with E-state index in [2.05, 4.69) is 10.6 Å². The summed E-state index contributed by atoms with van der Waals surface area (Å²) < 4.78 is 11.9. The number of likely N-dealkylation sites (tertiary alicyclic amines) is 1. The maximum absolute atomic E-state index is 14.3. The molecule has 0 spiro atoms. The molecule has 0 aromatic heterocycles. The lowest BCUT2D eigenvalue weighted by Crippen LogP contribution is -2.60. The molecule has 1 heterocycles. The lowest BCUT2D eigenvalue weighted by Gasteiger charge is -2.41. The van der Waals surface area contributed by atoms with Crippen molar-refractivity contribution < 1.29 is 33.8 Å². The van der Waals surface area contributed by atoms with Crippen molar-refractivity contribution in [1.29, 1.82) is 0 Å². The normalized spacial score (nSPS) is 19.9. The number of nitrogens with one attached hydrogen (secondary N) is 2. The summed E-state index contributed by atoms with van der Waals surface area (Å²) in [6, 6.07) is 6.47. The van der Waals surface area contributed by atoms with Crippen LogP contribution in [0.1, 0.15) is 107 Å². The summed E-state index contributed by atoms with van der Waals surface area (Å²) in [7, 11) is 6.78. The number of likely N-dealkylation sites (N-methyl/N-ethyl adjacent to an activating group) is 2. The Morgan fingerprint density at radius 3 is 2.00 bits per heavy atom. The van der Waals surface area contributed by atoms with Crippen molar-refractivity contribution in [2.45, 2.75) is 149 Å². The molecule has 1 aliphatic heterocycles. The van der Waals surface area contributed by atoms with Crippen molar-refractivity contribution in [2.24, 2.45) is 23.7 Å². The number of carbonyl (C=O) groups excluding carboxylic acids is 4. The van der Waals surface area contributed by atoms with Gasteiger partial charge in [0.25, 0.3) is 0 Å². The number of methoxy groups -OCH3 is 2. The molecular formula is C42H72N5O7-. The molecule has 0 saturated carbocycles. The number of ether oxygens (including phenoxy) is 2. The van der Waals surface area contributed by atoms with E-state index in [4.69, 9.17) is 9.47 Å². The van der Waals surface area contributed by atoms with Gasteiger partial charge in [-0.25, -0.2) is 0 Å². The fourth-order valence-corrected chi connectivity index (χ4v) is 7.92. The van der Waals surface area contributed by atoms with Crippen molar-refractivity contribution >= 4 is 23.6 Å². The van der Waals surface area contributed by atoms with Crippen molar-refractivity contribution in [2.75, 3.05) is 34.9 Å². The van der Waals surface area contributed by atoms with Crippen LogP contribution in [0, 0.1) is 23.7 Å². The monoisotopic (exact) mass is 759 g/mol. The number of hydrogen-bond acceptors (Lipinski definition) is 8. The Labute approximate surface area is 326 Å². The van der Waals surface area contributed by atoms with E-state index >= 15 is 0 Å². The molecule has 1 aromatic carbocycles. The van der Waals surface area contributed by atoms with Gasteiger partial charge in [0.05, 0.1) is 42.7 Å². The summed E-state index contributed by atoms with van der Waals surface area (Å²) in [4.78, 5) is 61.2. The van der Waals surface area contributed by atoms with Gasteiger partial charge < -0.3 is 35.0 Å². The van der Waals surface area contributed by atoms with E-state index in [9.17, 15) is 24.3 Å².